The molecule has 0 aromatic carbocycles. The lowest BCUT2D eigenvalue weighted by Crippen LogP contribution is -2.39. The highest BCUT2D eigenvalue weighted by Crippen LogP contribution is 2.33. The summed E-state index contributed by atoms with van der Waals surface area (Å²) in [6.45, 7) is 2.75. The number of carbonyl (C=O) groups is 1. The van der Waals surface area contributed by atoms with Crippen molar-refractivity contribution in [3.63, 3.8) is 0 Å². The fraction of sp³-hybridized carbons (Fsp3) is 0.316. The second-order valence-corrected chi connectivity index (χ2v) is 7.47. The van der Waals surface area contributed by atoms with E-state index in [0.717, 1.165) is 41.4 Å². The van der Waals surface area contributed by atoms with Crippen LogP contribution in [-0.2, 0) is 0 Å². The van der Waals surface area contributed by atoms with Gasteiger partial charge in [0.1, 0.15) is 5.69 Å². The summed E-state index contributed by atoms with van der Waals surface area (Å²) in [7, 11) is 0. The lowest BCUT2D eigenvalue weighted by atomic mass is 9.96. The fourth-order valence-electron chi connectivity index (χ4n) is 3.38. The molecule has 128 valence electrons. The molecule has 6 heteroatoms. The van der Waals surface area contributed by atoms with Crippen molar-refractivity contribution >= 4 is 17.2 Å². The molecular formula is C19H20N4OS. The summed E-state index contributed by atoms with van der Waals surface area (Å²) in [5.41, 5.74) is 1.68. The van der Waals surface area contributed by atoms with E-state index in [2.05, 4.69) is 16.0 Å². The first-order valence-electron chi connectivity index (χ1n) is 8.55. The van der Waals surface area contributed by atoms with Crippen LogP contribution in [0.2, 0.25) is 0 Å². The second kappa shape index (κ2) is 6.80. The average Bonchev–Trinajstić information content (AvgIpc) is 3.31. The molecule has 0 spiro atoms. The Bertz CT molecular complexity index is 857. The molecule has 0 saturated carbocycles. The van der Waals surface area contributed by atoms with Crippen molar-refractivity contribution in [2.45, 2.75) is 32.2 Å². The molecule has 3 aromatic rings. The maximum Gasteiger partial charge on any atom is 0.274 e. The number of pyridine rings is 1. The lowest BCUT2D eigenvalue weighted by molar-refractivity contribution is 0.0605. The van der Waals surface area contributed by atoms with E-state index >= 15 is 0 Å². The topological polar surface area (TPSA) is 51.0 Å². The molecule has 4 heterocycles. The maximum absolute atomic E-state index is 13.2. The molecule has 0 unspecified atom stereocenters. The average molecular weight is 352 g/mol. The van der Waals surface area contributed by atoms with Gasteiger partial charge in [-0.25, -0.2) is 4.98 Å². The van der Waals surface area contributed by atoms with E-state index in [-0.39, 0.29) is 11.9 Å². The van der Waals surface area contributed by atoms with Crippen LogP contribution in [0.1, 0.15) is 46.2 Å². The molecule has 4 rings (SSSR count). The van der Waals surface area contributed by atoms with Crippen molar-refractivity contribution in [1.82, 2.24) is 19.4 Å². The van der Waals surface area contributed by atoms with Gasteiger partial charge >= 0.3 is 0 Å². The standard InChI is InChI=1S/C19H20N4OS/c1-14-17(21-19(25-14)22-10-4-5-11-22)18(24)23-12-3-2-8-16(23)15-7-6-9-20-13-15/h4-7,9-11,13,16H,2-3,8,12H2,1H3/t16-/m0/s1. The molecule has 3 aromatic heterocycles. The Labute approximate surface area is 151 Å². The number of piperidine rings is 1. The van der Waals surface area contributed by atoms with Crippen LogP contribution < -0.4 is 0 Å². The van der Waals surface area contributed by atoms with Crippen molar-refractivity contribution < 1.29 is 4.79 Å². The summed E-state index contributed by atoms with van der Waals surface area (Å²) in [6, 6.07) is 8.00. The highest BCUT2D eigenvalue weighted by molar-refractivity contribution is 7.14. The van der Waals surface area contributed by atoms with E-state index < -0.39 is 0 Å². The lowest BCUT2D eigenvalue weighted by Gasteiger charge is -2.35. The second-order valence-electron chi connectivity index (χ2n) is 6.29. The molecule has 5 nitrogen and oxygen atoms in total. The number of thiazole rings is 1. The summed E-state index contributed by atoms with van der Waals surface area (Å²) in [5.74, 6) is 0.0284. The number of nitrogens with zero attached hydrogens (tertiary/aromatic N) is 4. The van der Waals surface area contributed by atoms with Gasteiger partial charge in [-0.3, -0.25) is 9.78 Å². The smallest absolute Gasteiger partial charge is 0.274 e. The largest absolute Gasteiger partial charge is 0.330 e. The number of likely N-dealkylation sites (tertiary alicyclic amines) is 1. The van der Waals surface area contributed by atoms with Crippen molar-refractivity contribution in [3.05, 3.63) is 65.2 Å². The molecule has 0 N–H and O–H groups in total. The summed E-state index contributed by atoms with van der Waals surface area (Å²) >= 11 is 1.55. The number of hydrogen-bond donors (Lipinski definition) is 0. The van der Waals surface area contributed by atoms with Crippen LogP contribution in [0.25, 0.3) is 5.13 Å². The third-order valence-electron chi connectivity index (χ3n) is 4.65. The highest BCUT2D eigenvalue weighted by Gasteiger charge is 2.31. The Morgan fingerprint density at radius 1 is 1.24 bits per heavy atom. The van der Waals surface area contributed by atoms with Gasteiger partial charge in [0.2, 0.25) is 0 Å². The third kappa shape index (κ3) is 3.09. The Morgan fingerprint density at radius 2 is 2.08 bits per heavy atom. The zero-order valence-electron chi connectivity index (χ0n) is 14.1. The van der Waals surface area contributed by atoms with E-state index in [4.69, 9.17) is 0 Å². The first kappa shape index (κ1) is 16.0. The summed E-state index contributed by atoms with van der Waals surface area (Å²) in [5, 5.41) is 0.834. The van der Waals surface area contributed by atoms with Crippen LogP contribution in [0.15, 0.2) is 49.1 Å². The van der Waals surface area contributed by atoms with E-state index in [1.807, 2.05) is 53.2 Å². The Hall–Kier alpha value is -2.47. The van der Waals surface area contributed by atoms with Crippen molar-refractivity contribution in [2.24, 2.45) is 0 Å². The molecule has 1 fully saturated rings. The zero-order valence-corrected chi connectivity index (χ0v) is 14.9. The molecule has 1 amide bonds. The molecule has 1 aliphatic rings. The Kier molecular flexibility index (Phi) is 4.36. The third-order valence-corrected chi connectivity index (χ3v) is 5.63. The van der Waals surface area contributed by atoms with Crippen LogP contribution >= 0.6 is 11.3 Å². The summed E-state index contributed by atoms with van der Waals surface area (Å²) in [4.78, 5) is 25.0. The number of amides is 1. The summed E-state index contributed by atoms with van der Waals surface area (Å²) < 4.78 is 1.95. The predicted molar refractivity (Wildman–Crippen MR) is 98.0 cm³/mol. The van der Waals surface area contributed by atoms with Gasteiger partial charge in [0.15, 0.2) is 5.13 Å². The Morgan fingerprint density at radius 3 is 2.84 bits per heavy atom. The van der Waals surface area contributed by atoms with Gasteiger partial charge in [-0.05, 0) is 49.9 Å². The molecule has 0 bridgehead atoms. The van der Waals surface area contributed by atoms with Gasteiger partial charge in [0.05, 0.1) is 6.04 Å². The SMILES string of the molecule is Cc1sc(-n2cccc2)nc1C(=O)N1CCCC[C@H]1c1cccnc1. The van der Waals surface area contributed by atoms with Gasteiger partial charge in [0.25, 0.3) is 5.91 Å². The van der Waals surface area contributed by atoms with Gasteiger partial charge in [-0.1, -0.05) is 6.07 Å². The van der Waals surface area contributed by atoms with Crippen molar-refractivity contribution in [2.75, 3.05) is 6.54 Å². The number of carbonyl (C=O) groups excluding carboxylic acids is 1. The molecule has 0 radical (unpaired) electrons. The number of rotatable bonds is 3. The maximum atomic E-state index is 13.2. The van der Waals surface area contributed by atoms with Crippen molar-refractivity contribution in [3.8, 4) is 5.13 Å². The van der Waals surface area contributed by atoms with Crippen LogP contribution in [-0.4, -0.2) is 31.9 Å². The first-order valence-corrected chi connectivity index (χ1v) is 9.37. The van der Waals surface area contributed by atoms with Crippen molar-refractivity contribution in [1.29, 1.82) is 0 Å². The molecule has 1 aliphatic heterocycles. The quantitative estimate of drug-likeness (QED) is 0.716. The van der Waals surface area contributed by atoms with Crippen LogP contribution in [0, 0.1) is 6.92 Å². The van der Waals surface area contributed by atoms with Gasteiger partial charge in [-0.2, -0.15) is 0 Å². The van der Waals surface area contributed by atoms with E-state index in [1.54, 1.807) is 17.5 Å². The van der Waals surface area contributed by atoms with Gasteiger partial charge in [-0.15, -0.1) is 11.3 Å². The van der Waals surface area contributed by atoms with Gasteiger partial charge < -0.3 is 9.47 Å². The van der Waals surface area contributed by atoms with Crippen LogP contribution in [0.4, 0.5) is 0 Å². The van der Waals surface area contributed by atoms with Crippen LogP contribution in [0.3, 0.4) is 0 Å². The molecule has 1 atom stereocenters. The zero-order chi connectivity index (χ0) is 17.2. The van der Waals surface area contributed by atoms with Gasteiger partial charge in [0, 0.05) is 36.2 Å². The first-order chi connectivity index (χ1) is 12.2. The predicted octanol–water partition coefficient (Wildman–Crippen LogP) is 4.00. The number of aryl methyl sites for hydroxylation is 1. The van der Waals surface area contributed by atoms with E-state index in [1.165, 1.54) is 0 Å². The molecule has 25 heavy (non-hydrogen) atoms. The molecule has 0 aliphatic carbocycles. The minimum absolute atomic E-state index is 0.0284. The number of hydrogen-bond acceptors (Lipinski definition) is 4. The summed E-state index contributed by atoms with van der Waals surface area (Å²) in [6.07, 6.45) is 10.7. The molecular weight excluding hydrogens is 332 g/mol. The van der Waals surface area contributed by atoms with Crippen LogP contribution in [0.5, 0.6) is 0 Å². The van der Waals surface area contributed by atoms with E-state index in [0.29, 0.717) is 5.69 Å². The monoisotopic (exact) mass is 352 g/mol. The minimum atomic E-state index is 0.0284. The highest BCUT2D eigenvalue weighted by atomic mass is 32.1. The number of aromatic nitrogens is 3. The minimum Gasteiger partial charge on any atom is -0.330 e. The van der Waals surface area contributed by atoms with E-state index in [9.17, 15) is 4.79 Å². The Balaban J connectivity index is 1.65. The fourth-order valence-corrected chi connectivity index (χ4v) is 4.25. The molecule has 1 saturated heterocycles. The normalized spacial score (nSPS) is 17.6.